The van der Waals surface area contributed by atoms with E-state index in [-0.39, 0.29) is 13.0 Å². The van der Waals surface area contributed by atoms with Crippen molar-refractivity contribution in [3.8, 4) is 0 Å². The molecule has 0 fully saturated rings. The van der Waals surface area contributed by atoms with E-state index in [1.165, 1.54) is 0 Å². The molecule has 1 aromatic rings. The predicted octanol–water partition coefficient (Wildman–Crippen LogP) is 1.14. The highest BCUT2D eigenvalue weighted by atomic mass is 16.4. The van der Waals surface area contributed by atoms with Crippen LogP contribution in [0.25, 0.3) is 0 Å². The maximum Gasteiger partial charge on any atom is 0.304 e. The van der Waals surface area contributed by atoms with Crippen LogP contribution in [0.1, 0.15) is 23.9 Å². The van der Waals surface area contributed by atoms with E-state index in [1.54, 1.807) is 19.1 Å². The number of rotatable bonds is 4. The van der Waals surface area contributed by atoms with Gasteiger partial charge in [-0.3, -0.25) is 4.79 Å². The summed E-state index contributed by atoms with van der Waals surface area (Å²) in [6.07, 6.45) is -0.108. The summed E-state index contributed by atoms with van der Waals surface area (Å²) in [5.74, 6) is -0.124. The minimum atomic E-state index is -0.937. The summed E-state index contributed by atoms with van der Waals surface area (Å²) in [5.41, 5.74) is 0. The Labute approximate surface area is 75.8 Å². The molecule has 0 amide bonds. The van der Waals surface area contributed by atoms with Crippen LogP contribution in [-0.2, 0) is 4.79 Å². The quantitative estimate of drug-likeness (QED) is 0.736. The molecule has 2 N–H and O–H groups in total. The predicted molar refractivity (Wildman–Crippen MR) is 45.5 cm³/mol. The third-order valence-electron chi connectivity index (χ3n) is 1.80. The first-order valence-corrected chi connectivity index (χ1v) is 4.02. The van der Waals surface area contributed by atoms with E-state index in [2.05, 4.69) is 0 Å². The fourth-order valence-electron chi connectivity index (χ4n) is 1.14. The second-order valence-corrected chi connectivity index (χ2v) is 2.93. The molecule has 0 radical (unpaired) electrons. The molecule has 1 atom stereocenters. The fourth-order valence-corrected chi connectivity index (χ4v) is 1.14. The molecule has 1 rings (SSSR count). The molecule has 0 bridgehead atoms. The lowest BCUT2D eigenvalue weighted by molar-refractivity contribution is -0.137. The van der Waals surface area contributed by atoms with E-state index in [9.17, 15) is 4.79 Å². The number of hydrogen-bond acceptors (Lipinski definition) is 3. The third kappa shape index (κ3) is 2.59. The van der Waals surface area contributed by atoms with Gasteiger partial charge in [-0.25, -0.2) is 0 Å². The van der Waals surface area contributed by atoms with Crippen molar-refractivity contribution in [3.63, 3.8) is 0 Å². The van der Waals surface area contributed by atoms with Crippen molar-refractivity contribution in [1.29, 1.82) is 0 Å². The number of aliphatic carboxylic acids is 1. The monoisotopic (exact) mass is 184 g/mol. The van der Waals surface area contributed by atoms with Crippen LogP contribution in [0.3, 0.4) is 0 Å². The van der Waals surface area contributed by atoms with E-state index in [4.69, 9.17) is 14.6 Å². The second-order valence-electron chi connectivity index (χ2n) is 2.93. The Morgan fingerprint density at radius 2 is 2.31 bits per heavy atom. The van der Waals surface area contributed by atoms with Gasteiger partial charge in [-0.1, -0.05) is 0 Å². The minimum absolute atomic E-state index is 0.108. The van der Waals surface area contributed by atoms with Gasteiger partial charge in [-0.15, -0.1) is 0 Å². The summed E-state index contributed by atoms with van der Waals surface area (Å²) in [6, 6.07) is 3.44. The summed E-state index contributed by atoms with van der Waals surface area (Å²) in [7, 11) is 0. The molecule has 0 aliphatic rings. The van der Waals surface area contributed by atoms with E-state index >= 15 is 0 Å². The molecule has 4 heteroatoms. The van der Waals surface area contributed by atoms with Crippen LogP contribution in [0.4, 0.5) is 0 Å². The highest BCUT2D eigenvalue weighted by molar-refractivity contribution is 5.67. The van der Waals surface area contributed by atoms with Gasteiger partial charge in [0.2, 0.25) is 0 Å². The molecule has 0 aromatic carbocycles. The molecule has 1 aromatic heterocycles. The molecule has 0 aliphatic heterocycles. The van der Waals surface area contributed by atoms with Crippen molar-refractivity contribution in [3.05, 3.63) is 23.7 Å². The van der Waals surface area contributed by atoms with Crippen molar-refractivity contribution in [1.82, 2.24) is 0 Å². The molecule has 0 spiro atoms. The third-order valence-corrected chi connectivity index (χ3v) is 1.80. The van der Waals surface area contributed by atoms with Crippen molar-refractivity contribution in [2.75, 3.05) is 6.61 Å². The number of carboxylic acid groups (broad SMARTS) is 1. The lowest BCUT2D eigenvalue weighted by Crippen LogP contribution is -2.09. The number of aliphatic hydroxyl groups excluding tert-OH is 1. The van der Waals surface area contributed by atoms with Crippen molar-refractivity contribution >= 4 is 5.97 Å². The van der Waals surface area contributed by atoms with E-state index in [0.29, 0.717) is 5.76 Å². The summed E-state index contributed by atoms with van der Waals surface area (Å²) in [5, 5.41) is 17.4. The standard InChI is InChI=1S/C9H12O4/c1-6-2-3-8(13-6)7(5-10)4-9(11)12/h2-3,7,10H,4-5H2,1H3,(H,11,12). The second kappa shape index (κ2) is 4.09. The Morgan fingerprint density at radius 3 is 2.69 bits per heavy atom. The Kier molecular flexibility index (Phi) is 3.08. The first kappa shape index (κ1) is 9.80. The van der Waals surface area contributed by atoms with Gasteiger partial charge in [-0.2, -0.15) is 0 Å². The highest BCUT2D eigenvalue weighted by Gasteiger charge is 2.17. The molecule has 72 valence electrons. The topological polar surface area (TPSA) is 70.7 Å². The Bertz CT molecular complexity index is 290. The van der Waals surface area contributed by atoms with Crippen LogP contribution in [0.15, 0.2) is 16.5 Å². The van der Waals surface area contributed by atoms with Crippen LogP contribution in [0.2, 0.25) is 0 Å². The lowest BCUT2D eigenvalue weighted by atomic mass is 10.0. The molecular weight excluding hydrogens is 172 g/mol. The summed E-state index contributed by atoms with van der Waals surface area (Å²) in [6.45, 7) is 1.57. The number of hydrogen-bond donors (Lipinski definition) is 2. The number of carbonyl (C=O) groups is 1. The molecule has 0 saturated heterocycles. The zero-order valence-corrected chi connectivity index (χ0v) is 7.36. The van der Waals surface area contributed by atoms with Gasteiger partial charge in [0.25, 0.3) is 0 Å². The van der Waals surface area contributed by atoms with Crippen LogP contribution in [0.5, 0.6) is 0 Å². The SMILES string of the molecule is Cc1ccc(C(CO)CC(=O)O)o1. The van der Waals surface area contributed by atoms with Crippen molar-refractivity contribution < 1.29 is 19.4 Å². The van der Waals surface area contributed by atoms with Crippen LogP contribution in [-0.4, -0.2) is 22.8 Å². The van der Waals surface area contributed by atoms with Crippen molar-refractivity contribution in [2.24, 2.45) is 0 Å². The molecule has 13 heavy (non-hydrogen) atoms. The zero-order chi connectivity index (χ0) is 9.84. The van der Waals surface area contributed by atoms with E-state index in [1.807, 2.05) is 0 Å². The molecule has 0 aliphatic carbocycles. The largest absolute Gasteiger partial charge is 0.481 e. The highest BCUT2D eigenvalue weighted by Crippen LogP contribution is 2.21. The Morgan fingerprint density at radius 1 is 1.62 bits per heavy atom. The normalized spacial score (nSPS) is 12.8. The minimum Gasteiger partial charge on any atom is -0.481 e. The van der Waals surface area contributed by atoms with Crippen LogP contribution in [0, 0.1) is 6.92 Å². The zero-order valence-electron chi connectivity index (χ0n) is 7.36. The average Bonchev–Trinajstić information content (AvgIpc) is 2.47. The molecule has 4 nitrogen and oxygen atoms in total. The van der Waals surface area contributed by atoms with Crippen LogP contribution >= 0.6 is 0 Å². The smallest absolute Gasteiger partial charge is 0.304 e. The molecule has 1 heterocycles. The van der Waals surface area contributed by atoms with E-state index in [0.717, 1.165) is 5.76 Å². The number of aliphatic hydroxyl groups is 1. The number of carboxylic acids is 1. The maximum atomic E-state index is 10.4. The fraction of sp³-hybridized carbons (Fsp3) is 0.444. The van der Waals surface area contributed by atoms with Gasteiger partial charge in [0.1, 0.15) is 11.5 Å². The van der Waals surface area contributed by atoms with Gasteiger partial charge in [0.05, 0.1) is 18.9 Å². The lowest BCUT2D eigenvalue weighted by Gasteiger charge is -2.07. The summed E-state index contributed by atoms with van der Waals surface area (Å²) < 4.78 is 5.21. The molecule has 1 unspecified atom stereocenters. The molecule has 0 saturated carbocycles. The number of furan rings is 1. The first-order chi connectivity index (χ1) is 6.13. The average molecular weight is 184 g/mol. The van der Waals surface area contributed by atoms with Gasteiger partial charge < -0.3 is 14.6 Å². The van der Waals surface area contributed by atoms with Gasteiger partial charge >= 0.3 is 5.97 Å². The maximum absolute atomic E-state index is 10.4. The van der Waals surface area contributed by atoms with Gasteiger partial charge in [0.15, 0.2) is 0 Å². The van der Waals surface area contributed by atoms with E-state index < -0.39 is 11.9 Å². The van der Waals surface area contributed by atoms with Gasteiger partial charge in [0, 0.05) is 0 Å². The summed E-state index contributed by atoms with van der Waals surface area (Å²) in [4.78, 5) is 10.4. The first-order valence-electron chi connectivity index (χ1n) is 4.02. The summed E-state index contributed by atoms with van der Waals surface area (Å²) >= 11 is 0. The van der Waals surface area contributed by atoms with Crippen LogP contribution < -0.4 is 0 Å². The number of aryl methyl sites for hydroxylation is 1. The Hall–Kier alpha value is -1.29. The Balaban J connectivity index is 2.72. The molecular formula is C9H12O4. The van der Waals surface area contributed by atoms with Gasteiger partial charge in [-0.05, 0) is 19.1 Å². The van der Waals surface area contributed by atoms with Crippen molar-refractivity contribution in [2.45, 2.75) is 19.3 Å².